The number of piperidine rings is 1. The Kier molecular flexibility index (Phi) is 3.97. The van der Waals surface area contributed by atoms with Gasteiger partial charge in [0, 0.05) is 36.6 Å². The fourth-order valence-corrected chi connectivity index (χ4v) is 4.98. The summed E-state index contributed by atoms with van der Waals surface area (Å²) in [7, 11) is -3.46. The number of nitrogen functional groups attached to an aromatic ring is 1. The molecule has 6 nitrogen and oxygen atoms in total. The summed E-state index contributed by atoms with van der Waals surface area (Å²) in [6.07, 6.45) is 5.38. The van der Waals surface area contributed by atoms with E-state index in [2.05, 4.69) is 16.0 Å². The molecule has 3 heterocycles. The Morgan fingerprint density at radius 3 is 2.56 bits per heavy atom. The molecule has 3 aromatic rings. The molecular formula is C18H20N4O2S. The first kappa shape index (κ1) is 16.1. The lowest BCUT2D eigenvalue weighted by molar-refractivity contribution is 0.320. The number of aromatic amines is 1. The summed E-state index contributed by atoms with van der Waals surface area (Å²) < 4.78 is 27.1. The predicted molar refractivity (Wildman–Crippen MR) is 97.7 cm³/mol. The maximum absolute atomic E-state index is 12.8. The van der Waals surface area contributed by atoms with Crippen LogP contribution in [0.3, 0.4) is 0 Å². The van der Waals surface area contributed by atoms with Crippen molar-refractivity contribution in [1.29, 1.82) is 0 Å². The molecule has 0 saturated carbocycles. The number of nitrogens with two attached hydrogens (primary N) is 1. The minimum Gasteiger partial charge on any atom is -0.399 e. The molecule has 0 aliphatic carbocycles. The second kappa shape index (κ2) is 6.16. The van der Waals surface area contributed by atoms with E-state index in [4.69, 9.17) is 5.73 Å². The molecule has 1 saturated heterocycles. The van der Waals surface area contributed by atoms with Crippen LogP contribution in [0, 0.1) is 0 Å². The molecule has 0 radical (unpaired) electrons. The number of anilines is 1. The molecule has 1 fully saturated rings. The molecule has 0 unspecified atom stereocenters. The number of fused-ring (bicyclic) bond motifs is 1. The van der Waals surface area contributed by atoms with Gasteiger partial charge < -0.3 is 10.7 Å². The summed E-state index contributed by atoms with van der Waals surface area (Å²) >= 11 is 0. The standard InChI is InChI=1S/C18H20N4O2S/c19-14-3-5-15(6-4-14)25(23,24)22-10-7-13(8-11-22)17-12-21-18-16(17)2-1-9-20-18/h1-6,9,12-13H,7-8,10-11,19H2,(H,20,21). The van der Waals surface area contributed by atoms with Gasteiger partial charge in [0.15, 0.2) is 0 Å². The number of pyridine rings is 1. The van der Waals surface area contributed by atoms with Crippen molar-refractivity contribution in [1.82, 2.24) is 14.3 Å². The minimum absolute atomic E-state index is 0.302. The van der Waals surface area contributed by atoms with Gasteiger partial charge in [0.2, 0.25) is 10.0 Å². The molecule has 0 atom stereocenters. The van der Waals surface area contributed by atoms with Gasteiger partial charge in [-0.1, -0.05) is 0 Å². The molecule has 4 rings (SSSR count). The summed E-state index contributed by atoms with van der Waals surface area (Å²) in [4.78, 5) is 7.83. The largest absolute Gasteiger partial charge is 0.399 e. The van der Waals surface area contributed by atoms with Gasteiger partial charge in [-0.2, -0.15) is 4.31 Å². The zero-order valence-corrected chi connectivity index (χ0v) is 14.5. The van der Waals surface area contributed by atoms with Crippen LogP contribution in [0.5, 0.6) is 0 Å². The highest BCUT2D eigenvalue weighted by molar-refractivity contribution is 7.89. The first-order valence-electron chi connectivity index (χ1n) is 8.33. The molecule has 1 aliphatic heterocycles. The predicted octanol–water partition coefficient (Wildman–Crippen LogP) is 2.71. The summed E-state index contributed by atoms with van der Waals surface area (Å²) in [6, 6.07) is 10.4. The molecule has 2 aromatic heterocycles. The zero-order valence-electron chi connectivity index (χ0n) is 13.7. The molecule has 1 aliphatic rings. The van der Waals surface area contributed by atoms with E-state index in [0.29, 0.717) is 29.6 Å². The topological polar surface area (TPSA) is 92.1 Å². The third-order valence-corrected chi connectivity index (χ3v) is 6.81. The van der Waals surface area contributed by atoms with Gasteiger partial charge in [-0.3, -0.25) is 0 Å². The molecule has 130 valence electrons. The van der Waals surface area contributed by atoms with Gasteiger partial charge >= 0.3 is 0 Å². The smallest absolute Gasteiger partial charge is 0.243 e. The molecule has 25 heavy (non-hydrogen) atoms. The van der Waals surface area contributed by atoms with Crippen LogP contribution in [0.2, 0.25) is 0 Å². The highest BCUT2D eigenvalue weighted by Gasteiger charge is 2.30. The Hall–Kier alpha value is -2.38. The molecule has 7 heteroatoms. The van der Waals surface area contributed by atoms with Crippen LogP contribution < -0.4 is 5.73 Å². The average Bonchev–Trinajstić information content (AvgIpc) is 3.06. The zero-order chi connectivity index (χ0) is 17.4. The number of sulfonamides is 1. The van der Waals surface area contributed by atoms with Crippen LogP contribution in [0.25, 0.3) is 11.0 Å². The van der Waals surface area contributed by atoms with E-state index in [-0.39, 0.29) is 0 Å². The van der Waals surface area contributed by atoms with Crippen LogP contribution in [-0.4, -0.2) is 35.8 Å². The number of H-pyrrole nitrogens is 1. The van der Waals surface area contributed by atoms with Crippen molar-refractivity contribution >= 4 is 26.7 Å². The number of benzene rings is 1. The van der Waals surface area contributed by atoms with Gasteiger partial charge in [0.1, 0.15) is 5.65 Å². The fraction of sp³-hybridized carbons (Fsp3) is 0.278. The highest BCUT2D eigenvalue weighted by Crippen LogP contribution is 2.34. The number of hydrogen-bond acceptors (Lipinski definition) is 4. The van der Waals surface area contributed by atoms with E-state index in [1.54, 1.807) is 34.8 Å². The van der Waals surface area contributed by atoms with E-state index in [0.717, 1.165) is 23.9 Å². The SMILES string of the molecule is Nc1ccc(S(=O)(=O)N2CCC(c3c[nH]c4ncccc34)CC2)cc1. The lowest BCUT2D eigenvalue weighted by Crippen LogP contribution is -2.37. The van der Waals surface area contributed by atoms with Gasteiger partial charge in [-0.15, -0.1) is 0 Å². The lowest BCUT2D eigenvalue weighted by Gasteiger charge is -2.31. The fourth-order valence-electron chi connectivity index (χ4n) is 3.51. The van der Waals surface area contributed by atoms with Crippen LogP contribution in [0.1, 0.15) is 24.3 Å². The Balaban J connectivity index is 1.52. The lowest BCUT2D eigenvalue weighted by atomic mass is 9.90. The summed E-state index contributed by atoms with van der Waals surface area (Å²) in [5, 5.41) is 1.13. The molecule has 1 aromatic carbocycles. The third-order valence-electron chi connectivity index (χ3n) is 4.89. The Labute approximate surface area is 146 Å². The second-order valence-corrected chi connectivity index (χ2v) is 8.33. The first-order valence-corrected chi connectivity index (χ1v) is 9.77. The third kappa shape index (κ3) is 2.89. The van der Waals surface area contributed by atoms with Crippen LogP contribution >= 0.6 is 0 Å². The average molecular weight is 356 g/mol. The van der Waals surface area contributed by atoms with E-state index < -0.39 is 10.0 Å². The molecule has 0 amide bonds. The molecule has 0 bridgehead atoms. The number of nitrogens with zero attached hydrogens (tertiary/aromatic N) is 2. The van der Waals surface area contributed by atoms with Gasteiger partial charge in [-0.25, -0.2) is 13.4 Å². The Bertz CT molecular complexity index is 987. The number of aromatic nitrogens is 2. The van der Waals surface area contributed by atoms with Crippen LogP contribution in [-0.2, 0) is 10.0 Å². The van der Waals surface area contributed by atoms with E-state index in [9.17, 15) is 8.42 Å². The van der Waals surface area contributed by atoms with Crippen molar-refractivity contribution in [2.24, 2.45) is 0 Å². The van der Waals surface area contributed by atoms with E-state index in [1.807, 2.05) is 12.3 Å². The summed E-state index contributed by atoms with van der Waals surface area (Å²) in [5.41, 5.74) is 8.32. The normalized spacial score (nSPS) is 17.1. The highest BCUT2D eigenvalue weighted by atomic mass is 32.2. The number of hydrogen-bond donors (Lipinski definition) is 2. The van der Waals surface area contributed by atoms with Gasteiger partial charge in [0.25, 0.3) is 0 Å². The van der Waals surface area contributed by atoms with Crippen molar-refractivity contribution in [3.8, 4) is 0 Å². The van der Waals surface area contributed by atoms with E-state index >= 15 is 0 Å². The summed E-state index contributed by atoms with van der Waals surface area (Å²) in [6.45, 7) is 1.04. The molecule has 0 spiro atoms. The van der Waals surface area contributed by atoms with Crippen molar-refractivity contribution in [3.05, 3.63) is 54.4 Å². The Morgan fingerprint density at radius 2 is 1.84 bits per heavy atom. The van der Waals surface area contributed by atoms with Crippen molar-refractivity contribution in [2.45, 2.75) is 23.7 Å². The maximum atomic E-state index is 12.8. The first-order chi connectivity index (χ1) is 12.1. The number of nitrogens with one attached hydrogen (secondary N) is 1. The Morgan fingerprint density at radius 1 is 1.12 bits per heavy atom. The van der Waals surface area contributed by atoms with Crippen molar-refractivity contribution < 1.29 is 8.42 Å². The summed E-state index contributed by atoms with van der Waals surface area (Å²) in [5.74, 6) is 0.343. The molecular weight excluding hydrogens is 336 g/mol. The quantitative estimate of drug-likeness (QED) is 0.706. The number of rotatable bonds is 3. The van der Waals surface area contributed by atoms with Gasteiger partial charge in [0.05, 0.1) is 4.90 Å². The van der Waals surface area contributed by atoms with Gasteiger partial charge in [-0.05, 0) is 60.7 Å². The van der Waals surface area contributed by atoms with E-state index in [1.165, 1.54) is 5.56 Å². The molecule has 3 N–H and O–H groups in total. The van der Waals surface area contributed by atoms with Crippen molar-refractivity contribution in [2.75, 3.05) is 18.8 Å². The maximum Gasteiger partial charge on any atom is 0.243 e. The minimum atomic E-state index is -3.46. The monoisotopic (exact) mass is 356 g/mol. The van der Waals surface area contributed by atoms with Crippen molar-refractivity contribution in [3.63, 3.8) is 0 Å². The van der Waals surface area contributed by atoms with Crippen LogP contribution in [0.15, 0.2) is 53.7 Å². The second-order valence-electron chi connectivity index (χ2n) is 6.39. The van der Waals surface area contributed by atoms with Crippen LogP contribution in [0.4, 0.5) is 5.69 Å².